The molecule has 0 radical (unpaired) electrons. The van der Waals surface area contributed by atoms with Gasteiger partial charge in [0.05, 0.1) is 23.4 Å². The molecule has 0 aromatic heterocycles. The molecule has 24 heavy (non-hydrogen) atoms. The van der Waals surface area contributed by atoms with E-state index in [1.165, 1.54) is 20.1 Å². The van der Waals surface area contributed by atoms with E-state index >= 15 is 0 Å². The summed E-state index contributed by atoms with van der Waals surface area (Å²) in [6, 6.07) is 11.1. The van der Waals surface area contributed by atoms with Gasteiger partial charge in [-0.05, 0) is 49.4 Å². The quantitative estimate of drug-likeness (QED) is 0.804. The van der Waals surface area contributed by atoms with E-state index in [9.17, 15) is 9.59 Å². The summed E-state index contributed by atoms with van der Waals surface area (Å²) in [7, 11) is 1.53. The fourth-order valence-electron chi connectivity index (χ4n) is 1.83. The Labute approximate surface area is 149 Å². The van der Waals surface area contributed by atoms with Crippen molar-refractivity contribution in [2.45, 2.75) is 13.0 Å². The molecule has 0 aliphatic rings. The molecule has 2 aromatic carbocycles. The van der Waals surface area contributed by atoms with Gasteiger partial charge in [0.15, 0.2) is 6.10 Å². The molecule has 7 heteroatoms. The van der Waals surface area contributed by atoms with E-state index in [-0.39, 0.29) is 0 Å². The van der Waals surface area contributed by atoms with Crippen molar-refractivity contribution in [2.24, 2.45) is 0 Å². The van der Waals surface area contributed by atoms with Gasteiger partial charge in [0, 0.05) is 5.02 Å². The molecule has 0 heterocycles. The molecule has 1 atom stereocenters. The SMILES string of the molecule is COc1ccc(C(=O)OC(C)C(=O)Nc2ccc(Cl)cc2Cl)cc1. The Morgan fingerprint density at radius 3 is 2.33 bits per heavy atom. The van der Waals surface area contributed by atoms with Crippen LogP contribution >= 0.6 is 23.2 Å². The minimum absolute atomic E-state index is 0.296. The van der Waals surface area contributed by atoms with Crippen LogP contribution in [0.1, 0.15) is 17.3 Å². The number of hydrogen-bond acceptors (Lipinski definition) is 4. The van der Waals surface area contributed by atoms with Crippen LogP contribution in [0, 0.1) is 0 Å². The Morgan fingerprint density at radius 1 is 1.08 bits per heavy atom. The molecule has 0 aliphatic carbocycles. The molecule has 0 saturated carbocycles. The van der Waals surface area contributed by atoms with Crippen molar-refractivity contribution in [3.05, 3.63) is 58.1 Å². The number of carbonyl (C=O) groups excluding carboxylic acids is 2. The third-order valence-corrected chi connectivity index (χ3v) is 3.72. The fraction of sp³-hybridized carbons (Fsp3) is 0.176. The zero-order chi connectivity index (χ0) is 17.7. The van der Waals surface area contributed by atoms with Gasteiger partial charge in [-0.15, -0.1) is 0 Å². The lowest BCUT2D eigenvalue weighted by Gasteiger charge is -2.14. The minimum atomic E-state index is -0.994. The van der Waals surface area contributed by atoms with Crippen LogP contribution in [0.25, 0.3) is 0 Å². The molecule has 0 fully saturated rings. The first-order valence-electron chi connectivity index (χ1n) is 7.01. The molecule has 5 nitrogen and oxygen atoms in total. The Kier molecular flexibility index (Phi) is 6.06. The van der Waals surface area contributed by atoms with Crippen LogP contribution in [-0.2, 0) is 9.53 Å². The maximum absolute atomic E-state index is 12.1. The number of esters is 1. The average Bonchev–Trinajstić information content (AvgIpc) is 2.57. The molecule has 0 saturated heterocycles. The second-order valence-electron chi connectivity index (χ2n) is 4.89. The first kappa shape index (κ1) is 18.1. The normalized spacial score (nSPS) is 11.5. The molecule has 2 rings (SSSR count). The molecule has 0 spiro atoms. The summed E-state index contributed by atoms with van der Waals surface area (Å²) in [4.78, 5) is 24.2. The van der Waals surface area contributed by atoms with Crippen LogP contribution < -0.4 is 10.1 Å². The third kappa shape index (κ3) is 4.63. The fourth-order valence-corrected chi connectivity index (χ4v) is 2.29. The van der Waals surface area contributed by atoms with E-state index in [0.29, 0.717) is 27.0 Å². The topological polar surface area (TPSA) is 64.6 Å². The van der Waals surface area contributed by atoms with Gasteiger partial charge in [-0.2, -0.15) is 0 Å². The molecule has 1 N–H and O–H groups in total. The van der Waals surface area contributed by atoms with Crippen LogP contribution in [0.2, 0.25) is 10.0 Å². The number of benzene rings is 2. The summed E-state index contributed by atoms with van der Waals surface area (Å²) < 4.78 is 10.2. The third-order valence-electron chi connectivity index (χ3n) is 3.17. The highest BCUT2D eigenvalue weighted by Crippen LogP contribution is 2.25. The summed E-state index contributed by atoms with van der Waals surface area (Å²) in [5.74, 6) is -0.488. The van der Waals surface area contributed by atoms with Crippen LogP contribution in [-0.4, -0.2) is 25.1 Å². The Hall–Kier alpha value is -2.24. The molecule has 2 aromatic rings. The maximum Gasteiger partial charge on any atom is 0.338 e. The summed E-state index contributed by atoms with van der Waals surface area (Å²) in [5, 5.41) is 3.34. The highest BCUT2D eigenvalue weighted by molar-refractivity contribution is 6.36. The highest BCUT2D eigenvalue weighted by atomic mass is 35.5. The first-order chi connectivity index (χ1) is 11.4. The van der Waals surface area contributed by atoms with E-state index in [1.54, 1.807) is 36.4 Å². The second kappa shape index (κ2) is 8.04. The number of amides is 1. The van der Waals surface area contributed by atoms with Crippen molar-refractivity contribution in [2.75, 3.05) is 12.4 Å². The monoisotopic (exact) mass is 367 g/mol. The summed E-state index contributed by atoms with van der Waals surface area (Å²) in [6.07, 6.45) is -0.994. The number of hydrogen-bond donors (Lipinski definition) is 1. The van der Waals surface area contributed by atoms with E-state index in [0.717, 1.165) is 0 Å². The molecular formula is C17H15Cl2NO4. The zero-order valence-electron chi connectivity index (χ0n) is 13.0. The lowest BCUT2D eigenvalue weighted by Crippen LogP contribution is -2.30. The average molecular weight is 368 g/mol. The van der Waals surface area contributed by atoms with E-state index < -0.39 is 18.0 Å². The molecule has 0 aliphatic heterocycles. The van der Waals surface area contributed by atoms with Crippen LogP contribution in [0.5, 0.6) is 5.75 Å². The molecule has 126 valence electrons. The highest BCUT2D eigenvalue weighted by Gasteiger charge is 2.20. The van der Waals surface area contributed by atoms with Crippen molar-refractivity contribution in [1.29, 1.82) is 0 Å². The number of carbonyl (C=O) groups is 2. The predicted molar refractivity (Wildman–Crippen MR) is 93.0 cm³/mol. The smallest absolute Gasteiger partial charge is 0.338 e. The number of halogens is 2. The van der Waals surface area contributed by atoms with E-state index in [2.05, 4.69) is 5.32 Å². The van der Waals surface area contributed by atoms with Gasteiger partial charge in [-0.1, -0.05) is 23.2 Å². The van der Waals surface area contributed by atoms with Crippen LogP contribution in [0.15, 0.2) is 42.5 Å². The van der Waals surface area contributed by atoms with Gasteiger partial charge >= 0.3 is 5.97 Å². The summed E-state index contributed by atoms with van der Waals surface area (Å²) in [5.41, 5.74) is 0.707. The van der Waals surface area contributed by atoms with Gasteiger partial charge in [0.2, 0.25) is 0 Å². The summed E-state index contributed by atoms with van der Waals surface area (Å²) in [6.45, 7) is 1.47. The Bertz CT molecular complexity index is 747. The largest absolute Gasteiger partial charge is 0.497 e. The van der Waals surface area contributed by atoms with Gasteiger partial charge in [-0.25, -0.2) is 4.79 Å². The predicted octanol–water partition coefficient (Wildman–Crippen LogP) is 4.19. The number of ether oxygens (including phenoxy) is 2. The van der Waals surface area contributed by atoms with Gasteiger partial charge in [0.1, 0.15) is 5.75 Å². The second-order valence-corrected chi connectivity index (χ2v) is 5.73. The van der Waals surface area contributed by atoms with E-state index in [4.69, 9.17) is 32.7 Å². The Morgan fingerprint density at radius 2 is 1.75 bits per heavy atom. The van der Waals surface area contributed by atoms with Crippen molar-refractivity contribution in [3.63, 3.8) is 0 Å². The van der Waals surface area contributed by atoms with Crippen molar-refractivity contribution in [3.8, 4) is 5.75 Å². The van der Waals surface area contributed by atoms with E-state index in [1.807, 2.05) is 0 Å². The first-order valence-corrected chi connectivity index (χ1v) is 7.77. The summed E-state index contributed by atoms with van der Waals surface area (Å²) >= 11 is 11.8. The zero-order valence-corrected chi connectivity index (χ0v) is 14.5. The maximum atomic E-state index is 12.1. The van der Waals surface area contributed by atoms with Gasteiger partial charge in [0.25, 0.3) is 5.91 Å². The van der Waals surface area contributed by atoms with Crippen LogP contribution in [0.3, 0.4) is 0 Å². The van der Waals surface area contributed by atoms with Crippen LogP contribution in [0.4, 0.5) is 5.69 Å². The lowest BCUT2D eigenvalue weighted by atomic mass is 10.2. The molecular weight excluding hydrogens is 353 g/mol. The van der Waals surface area contributed by atoms with Crippen molar-refractivity contribution in [1.82, 2.24) is 0 Å². The standard InChI is InChI=1S/C17H15Cl2NO4/c1-10(16(21)20-15-8-5-12(18)9-14(15)19)24-17(22)11-3-6-13(23-2)7-4-11/h3-10H,1-2H3,(H,20,21). The number of anilines is 1. The molecule has 1 amide bonds. The van der Waals surface area contributed by atoms with Gasteiger partial charge in [-0.3, -0.25) is 4.79 Å². The van der Waals surface area contributed by atoms with Gasteiger partial charge < -0.3 is 14.8 Å². The minimum Gasteiger partial charge on any atom is -0.497 e. The number of nitrogens with one attached hydrogen (secondary N) is 1. The number of rotatable bonds is 5. The lowest BCUT2D eigenvalue weighted by molar-refractivity contribution is -0.123. The number of methoxy groups -OCH3 is 1. The molecule has 1 unspecified atom stereocenters. The Balaban J connectivity index is 1.98. The molecule has 0 bridgehead atoms. The van der Waals surface area contributed by atoms with Crippen molar-refractivity contribution >= 4 is 40.8 Å². The van der Waals surface area contributed by atoms with Crippen molar-refractivity contribution < 1.29 is 19.1 Å².